The summed E-state index contributed by atoms with van der Waals surface area (Å²) in [6.45, 7) is -0.450. The minimum absolute atomic E-state index is 0. The lowest BCUT2D eigenvalue weighted by atomic mass is 10.1. The largest absolute Gasteiger partial charge is 0.390 e. The van der Waals surface area contributed by atoms with E-state index in [0.717, 1.165) is 22.2 Å². The number of rotatable bonds is 4. The summed E-state index contributed by atoms with van der Waals surface area (Å²) in [6.07, 6.45) is -0.297. The molecule has 0 atom stereocenters. The number of H-pyrrole nitrogens is 2. The van der Waals surface area contributed by atoms with Crippen molar-refractivity contribution in [1.82, 2.24) is 20.3 Å². The maximum atomic E-state index is 12.1. The van der Waals surface area contributed by atoms with Crippen LogP contribution >= 0.6 is 0 Å². The molecule has 8 heteroatoms. The van der Waals surface area contributed by atoms with Crippen LogP contribution in [0.15, 0.2) is 36.8 Å². The fourth-order valence-electron chi connectivity index (χ4n) is 2.31. The molecular formula is C15H17F3N4O. The lowest BCUT2D eigenvalue weighted by Crippen LogP contribution is -2.28. The molecule has 0 aliphatic carbocycles. The van der Waals surface area contributed by atoms with Gasteiger partial charge in [-0.15, -0.1) is 0 Å². The highest BCUT2D eigenvalue weighted by molar-refractivity contribution is 5.97. The number of carbonyl (C=O) groups excluding carboxylic acids is 1. The van der Waals surface area contributed by atoms with Crippen molar-refractivity contribution >= 4 is 16.9 Å². The Bertz CT molecular complexity index is 845. The zero-order chi connectivity index (χ0) is 16.4. The molecule has 0 spiro atoms. The van der Waals surface area contributed by atoms with Gasteiger partial charge in [0, 0.05) is 38.9 Å². The molecule has 0 radical (unpaired) electrons. The smallest absolute Gasteiger partial charge is 0.357 e. The minimum atomic E-state index is -4.29. The van der Waals surface area contributed by atoms with Crippen molar-refractivity contribution in [2.45, 2.75) is 12.6 Å². The lowest BCUT2D eigenvalue weighted by molar-refractivity contribution is -0.132. The number of hydrogen-bond acceptors (Lipinski definition) is 2. The number of nitrogens with zero attached hydrogens (tertiary/aromatic N) is 1. The fourth-order valence-corrected chi connectivity index (χ4v) is 2.31. The van der Waals surface area contributed by atoms with Gasteiger partial charge in [0.15, 0.2) is 0 Å². The van der Waals surface area contributed by atoms with Crippen molar-refractivity contribution in [3.05, 3.63) is 42.5 Å². The molecule has 0 saturated carbocycles. The molecule has 0 fully saturated rings. The summed E-state index contributed by atoms with van der Waals surface area (Å²) < 4.78 is 36.3. The van der Waals surface area contributed by atoms with E-state index >= 15 is 0 Å². The van der Waals surface area contributed by atoms with Crippen LogP contribution in [-0.4, -0.2) is 33.6 Å². The molecule has 5 nitrogen and oxygen atoms in total. The first-order valence-corrected chi connectivity index (χ1v) is 6.90. The molecular weight excluding hydrogens is 309 g/mol. The number of halogens is 3. The average Bonchev–Trinajstić information content (AvgIpc) is 3.14. The Kier molecular flexibility index (Phi) is 3.81. The van der Waals surface area contributed by atoms with Gasteiger partial charge >= 0.3 is 6.18 Å². The van der Waals surface area contributed by atoms with Gasteiger partial charge in [-0.25, -0.2) is 4.98 Å². The van der Waals surface area contributed by atoms with Gasteiger partial charge in [-0.3, -0.25) is 4.79 Å². The van der Waals surface area contributed by atoms with Crippen molar-refractivity contribution in [1.29, 1.82) is 0 Å². The van der Waals surface area contributed by atoms with E-state index in [1.165, 1.54) is 0 Å². The second-order valence-electron chi connectivity index (χ2n) is 5.02. The van der Waals surface area contributed by atoms with Gasteiger partial charge in [0.1, 0.15) is 11.3 Å². The Morgan fingerprint density at radius 1 is 1.30 bits per heavy atom. The second-order valence-corrected chi connectivity index (χ2v) is 5.02. The van der Waals surface area contributed by atoms with Crippen molar-refractivity contribution in [2.24, 2.45) is 0 Å². The second kappa shape index (κ2) is 5.79. The normalized spacial score (nSPS) is 11.8. The first kappa shape index (κ1) is 15.1. The Morgan fingerprint density at radius 2 is 2.13 bits per heavy atom. The molecule has 0 saturated heterocycles. The zero-order valence-electron chi connectivity index (χ0n) is 11.9. The number of aromatic amines is 2. The van der Waals surface area contributed by atoms with E-state index < -0.39 is 25.0 Å². The maximum Gasteiger partial charge on any atom is 0.390 e. The molecule has 0 aliphatic heterocycles. The molecule has 0 bridgehead atoms. The summed E-state index contributed by atoms with van der Waals surface area (Å²) in [4.78, 5) is 21.8. The van der Waals surface area contributed by atoms with Crippen LogP contribution in [-0.2, 0) is 0 Å². The van der Waals surface area contributed by atoms with Gasteiger partial charge in [0.25, 0.3) is 5.91 Å². The van der Waals surface area contributed by atoms with Crippen molar-refractivity contribution in [2.75, 3.05) is 6.54 Å². The molecule has 1 amide bonds. The third-order valence-electron chi connectivity index (χ3n) is 3.39. The molecule has 3 rings (SSSR count). The van der Waals surface area contributed by atoms with Crippen LogP contribution in [0.25, 0.3) is 22.2 Å². The van der Waals surface area contributed by atoms with Crippen LogP contribution in [0.2, 0.25) is 0 Å². The van der Waals surface area contributed by atoms with E-state index in [4.69, 9.17) is 0 Å². The fraction of sp³-hybridized carbons (Fsp3) is 0.200. The summed E-state index contributed by atoms with van der Waals surface area (Å²) in [5, 5.41) is 3.14. The summed E-state index contributed by atoms with van der Waals surface area (Å²) in [5.41, 5.74) is 2.57. The van der Waals surface area contributed by atoms with Gasteiger partial charge in [-0.05, 0) is 23.8 Å². The van der Waals surface area contributed by atoms with E-state index in [0.29, 0.717) is 0 Å². The number of carbonyl (C=O) groups is 1. The molecule has 124 valence electrons. The molecule has 3 aromatic rings. The van der Waals surface area contributed by atoms with Crippen LogP contribution in [0.4, 0.5) is 13.2 Å². The van der Waals surface area contributed by atoms with Crippen LogP contribution in [0.1, 0.15) is 19.8 Å². The van der Waals surface area contributed by atoms with E-state index in [9.17, 15) is 18.0 Å². The molecule has 3 aromatic heterocycles. The lowest BCUT2D eigenvalue weighted by Gasteiger charge is -2.06. The van der Waals surface area contributed by atoms with Gasteiger partial charge < -0.3 is 15.3 Å². The van der Waals surface area contributed by atoms with Gasteiger partial charge in [-0.1, -0.05) is 0 Å². The number of fused-ring (bicyclic) bond motifs is 1. The first-order chi connectivity index (χ1) is 10.9. The summed E-state index contributed by atoms with van der Waals surface area (Å²) in [6, 6.07) is 5.28. The van der Waals surface area contributed by atoms with E-state index in [-0.39, 0.29) is 8.55 Å². The first-order valence-electron chi connectivity index (χ1n) is 6.90. The monoisotopic (exact) mass is 326 g/mol. The number of alkyl halides is 3. The summed E-state index contributed by atoms with van der Waals surface area (Å²) in [7, 11) is 0. The van der Waals surface area contributed by atoms with Crippen molar-refractivity contribution in [3.63, 3.8) is 0 Å². The van der Waals surface area contributed by atoms with E-state index in [1.54, 1.807) is 24.7 Å². The number of hydrogen-bond donors (Lipinski definition) is 3. The predicted molar refractivity (Wildman–Crippen MR) is 83.1 cm³/mol. The third-order valence-corrected chi connectivity index (χ3v) is 3.39. The average molecular weight is 326 g/mol. The number of nitrogens with one attached hydrogen (secondary N) is 3. The van der Waals surface area contributed by atoms with Gasteiger partial charge in [0.05, 0.1) is 6.42 Å². The zero-order valence-corrected chi connectivity index (χ0v) is 11.9. The standard InChI is InChI=1S/C15H13F3N4O.2H2/c16-15(17,18)3-6-21-14(23)12-7-9(8-22-12)10-1-4-19-13-11(10)2-5-20-13;;/h1-2,4-5,7-8,22H,3,6H2,(H,19,20)(H,21,23);2*1H. The molecule has 0 aromatic carbocycles. The Morgan fingerprint density at radius 3 is 2.91 bits per heavy atom. The minimum Gasteiger partial charge on any atom is -0.357 e. The summed E-state index contributed by atoms with van der Waals surface area (Å²) in [5.74, 6) is -0.570. The van der Waals surface area contributed by atoms with Crippen LogP contribution in [0, 0.1) is 0 Å². The highest BCUT2D eigenvalue weighted by Crippen LogP contribution is 2.27. The highest BCUT2D eigenvalue weighted by atomic mass is 19.4. The third kappa shape index (κ3) is 3.36. The Hall–Kier alpha value is -2.77. The Balaban J connectivity index is 0.00000156. The predicted octanol–water partition coefficient (Wildman–Crippen LogP) is 3.73. The Labute approximate surface area is 131 Å². The number of pyridine rings is 1. The van der Waals surface area contributed by atoms with Gasteiger partial charge in [-0.2, -0.15) is 13.2 Å². The molecule has 0 unspecified atom stereocenters. The molecule has 3 N–H and O–H groups in total. The van der Waals surface area contributed by atoms with Crippen molar-refractivity contribution in [3.8, 4) is 11.1 Å². The molecule has 0 aliphatic rings. The summed E-state index contributed by atoms with van der Waals surface area (Å²) >= 11 is 0. The van der Waals surface area contributed by atoms with E-state index in [2.05, 4.69) is 20.3 Å². The van der Waals surface area contributed by atoms with Crippen molar-refractivity contribution < 1.29 is 20.8 Å². The maximum absolute atomic E-state index is 12.1. The van der Waals surface area contributed by atoms with Crippen LogP contribution < -0.4 is 5.32 Å². The van der Waals surface area contributed by atoms with Crippen LogP contribution in [0.5, 0.6) is 0 Å². The quantitative estimate of drug-likeness (QED) is 0.683. The SMILES string of the molecule is O=C(NCCC(F)(F)F)c1cc(-c2ccnc3[nH]ccc23)c[nH]1.[HH].[HH]. The van der Waals surface area contributed by atoms with E-state index in [1.807, 2.05) is 12.1 Å². The number of aromatic nitrogens is 3. The van der Waals surface area contributed by atoms with Gasteiger partial charge in [0.2, 0.25) is 0 Å². The van der Waals surface area contributed by atoms with Crippen LogP contribution in [0.3, 0.4) is 0 Å². The molecule has 23 heavy (non-hydrogen) atoms. The number of amides is 1. The molecule has 3 heterocycles. The highest BCUT2D eigenvalue weighted by Gasteiger charge is 2.26. The topological polar surface area (TPSA) is 73.6 Å².